The Balaban J connectivity index is 1.66. The van der Waals surface area contributed by atoms with Crippen LogP contribution in [0.2, 0.25) is 0 Å². The molecule has 5 rings (SSSR count). The summed E-state index contributed by atoms with van der Waals surface area (Å²) in [7, 11) is -2.77. The van der Waals surface area contributed by atoms with Gasteiger partial charge in [0.1, 0.15) is 5.60 Å². The van der Waals surface area contributed by atoms with E-state index in [0.29, 0.717) is 30.9 Å². The van der Waals surface area contributed by atoms with Crippen molar-refractivity contribution in [2.45, 2.75) is 57.7 Å². The maximum atomic E-state index is 13.5. The monoisotopic (exact) mass is 687 g/mol. The normalized spacial score (nSPS) is 15.5. The van der Waals surface area contributed by atoms with Crippen LogP contribution in [0.3, 0.4) is 0 Å². The second-order valence-electron chi connectivity index (χ2n) is 12.9. The molecule has 1 aliphatic heterocycles. The molecule has 1 atom stereocenters. The number of carbonyl (C=O) groups is 2. The lowest BCUT2D eigenvalue weighted by molar-refractivity contribution is 0.00168. The van der Waals surface area contributed by atoms with E-state index in [9.17, 15) is 23.1 Å². The summed E-state index contributed by atoms with van der Waals surface area (Å²) in [5.41, 5.74) is 3.96. The van der Waals surface area contributed by atoms with E-state index in [0.717, 1.165) is 22.3 Å². The predicted octanol–water partition coefficient (Wildman–Crippen LogP) is 6.06. The maximum absolute atomic E-state index is 13.5. The number of carbonyl (C=O) groups excluding carboxylic acids is 1. The number of carboxylic acids is 1. The molecule has 4 aromatic rings. The summed E-state index contributed by atoms with van der Waals surface area (Å²) < 4.78 is 41.1. The maximum Gasteiger partial charge on any atom is 0.410 e. The van der Waals surface area contributed by atoms with Crippen molar-refractivity contribution in [1.82, 2.24) is 19.8 Å². The first-order valence-corrected chi connectivity index (χ1v) is 17.3. The Morgan fingerprint density at radius 3 is 2.18 bits per heavy atom. The van der Waals surface area contributed by atoms with Crippen LogP contribution < -0.4 is 9.46 Å². The van der Waals surface area contributed by atoms with Gasteiger partial charge in [-0.2, -0.15) is 4.98 Å². The van der Waals surface area contributed by atoms with Crippen LogP contribution in [-0.4, -0.2) is 77.7 Å². The molecule has 0 unspecified atom stereocenters. The molecular weight excluding hydrogens is 646 g/mol. The van der Waals surface area contributed by atoms with Gasteiger partial charge in [-0.05, 0) is 75.6 Å². The number of nitrogens with one attached hydrogen (secondary N) is 1. The Kier molecular flexibility index (Phi) is 10.2. The van der Waals surface area contributed by atoms with Gasteiger partial charge in [0.15, 0.2) is 0 Å². The molecule has 0 aliphatic carbocycles. The number of rotatable bonds is 9. The number of methoxy groups -OCH3 is 1. The molecule has 2 heterocycles. The summed E-state index contributed by atoms with van der Waals surface area (Å²) >= 11 is 0. The zero-order chi connectivity index (χ0) is 35.5. The molecule has 1 saturated heterocycles. The molecular formula is C36H41N5O7S. The molecule has 258 valence electrons. The van der Waals surface area contributed by atoms with E-state index in [-0.39, 0.29) is 28.8 Å². The van der Waals surface area contributed by atoms with E-state index >= 15 is 0 Å². The zero-order valence-corrected chi connectivity index (χ0v) is 29.2. The van der Waals surface area contributed by atoms with E-state index in [1.54, 1.807) is 4.90 Å². The number of piperazine rings is 1. The molecule has 1 fully saturated rings. The largest absolute Gasteiger partial charge is 0.481 e. The fourth-order valence-electron chi connectivity index (χ4n) is 5.88. The number of hydrogen-bond acceptors (Lipinski definition) is 9. The number of sulfonamides is 1. The molecule has 1 amide bonds. The van der Waals surface area contributed by atoms with Crippen molar-refractivity contribution in [2.24, 2.45) is 0 Å². The van der Waals surface area contributed by atoms with Gasteiger partial charge in [0.25, 0.3) is 10.0 Å². The molecule has 0 radical (unpaired) electrons. The average Bonchev–Trinajstić information content (AvgIpc) is 3.04. The predicted molar refractivity (Wildman–Crippen MR) is 185 cm³/mol. The number of benzene rings is 3. The molecule has 1 aliphatic rings. The Morgan fingerprint density at radius 2 is 1.59 bits per heavy atom. The first-order valence-electron chi connectivity index (χ1n) is 15.8. The fourth-order valence-corrected chi connectivity index (χ4v) is 6.82. The minimum atomic E-state index is -4.23. The van der Waals surface area contributed by atoms with Crippen molar-refractivity contribution in [2.75, 3.05) is 31.5 Å². The first-order chi connectivity index (χ1) is 23.2. The van der Waals surface area contributed by atoms with Crippen LogP contribution in [0.15, 0.2) is 77.7 Å². The Morgan fingerprint density at radius 1 is 0.939 bits per heavy atom. The third-order valence-corrected chi connectivity index (χ3v) is 9.51. The van der Waals surface area contributed by atoms with Crippen molar-refractivity contribution in [1.29, 1.82) is 0 Å². The quantitative estimate of drug-likeness (QED) is 0.212. The zero-order valence-electron chi connectivity index (χ0n) is 28.4. The van der Waals surface area contributed by atoms with Gasteiger partial charge >= 0.3 is 12.1 Å². The van der Waals surface area contributed by atoms with Crippen molar-refractivity contribution >= 4 is 28.0 Å². The van der Waals surface area contributed by atoms with Gasteiger partial charge in [0.05, 0.1) is 34.9 Å². The smallest absolute Gasteiger partial charge is 0.410 e. The first kappa shape index (κ1) is 35.3. The van der Waals surface area contributed by atoms with Crippen LogP contribution >= 0.6 is 0 Å². The van der Waals surface area contributed by atoms with Crippen LogP contribution in [0.5, 0.6) is 5.88 Å². The number of anilines is 1. The van der Waals surface area contributed by atoms with Crippen LogP contribution in [-0.2, 0) is 21.3 Å². The lowest BCUT2D eigenvalue weighted by Gasteiger charge is -2.42. The Labute approximate surface area is 286 Å². The van der Waals surface area contributed by atoms with Crippen molar-refractivity contribution < 1.29 is 32.6 Å². The third kappa shape index (κ3) is 8.18. The van der Waals surface area contributed by atoms with Crippen LogP contribution in [0.4, 0.5) is 10.7 Å². The van der Waals surface area contributed by atoms with E-state index in [1.165, 1.54) is 31.4 Å². The number of carboxylic acid groups (broad SMARTS) is 1. The summed E-state index contributed by atoms with van der Waals surface area (Å²) in [4.78, 5) is 37.9. The third-order valence-electron chi connectivity index (χ3n) is 8.16. The number of ether oxygens (including phenoxy) is 2. The number of aryl methyl sites for hydroxylation is 2. The van der Waals surface area contributed by atoms with Gasteiger partial charge in [-0.1, -0.05) is 48.5 Å². The molecule has 0 saturated carbocycles. The highest BCUT2D eigenvalue weighted by atomic mass is 32.2. The molecule has 0 bridgehead atoms. The summed E-state index contributed by atoms with van der Waals surface area (Å²) in [6.07, 6.45) is -0.441. The fraction of sp³-hybridized carbons (Fsp3) is 0.333. The molecule has 13 heteroatoms. The van der Waals surface area contributed by atoms with E-state index in [4.69, 9.17) is 14.5 Å². The highest BCUT2D eigenvalue weighted by molar-refractivity contribution is 7.92. The number of aromatic carboxylic acids is 1. The summed E-state index contributed by atoms with van der Waals surface area (Å²) in [6, 6.07) is 20.2. The van der Waals surface area contributed by atoms with Gasteiger partial charge in [-0.15, -0.1) is 0 Å². The van der Waals surface area contributed by atoms with Gasteiger partial charge in [-0.3, -0.25) is 4.90 Å². The average molecular weight is 688 g/mol. The number of hydrogen-bond donors (Lipinski definition) is 2. The SMILES string of the molecule is COc1nc(NS(=O)(=O)c2ccc(C(=O)O)cc2)nc(-c2c(C)cccc2C)c1[C@@H]1CN(C(=O)OC(C)(C)C)CCN1Cc1ccccc1. The van der Waals surface area contributed by atoms with Gasteiger partial charge in [0.2, 0.25) is 11.8 Å². The van der Waals surface area contributed by atoms with Crippen LogP contribution in [0.1, 0.15) is 59.4 Å². The molecule has 3 aromatic carbocycles. The van der Waals surface area contributed by atoms with Crippen molar-refractivity contribution in [3.8, 4) is 17.1 Å². The highest BCUT2D eigenvalue weighted by Crippen LogP contribution is 2.41. The summed E-state index contributed by atoms with van der Waals surface area (Å²) in [5, 5.41) is 9.26. The molecule has 2 N–H and O–H groups in total. The molecule has 1 aromatic heterocycles. The van der Waals surface area contributed by atoms with E-state index in [1.807, 2.05) is 83.1 Å². The second-order valence-corrected chi connectivity index (χ2v) is 14.6. The minimum Gasteiger partial charge on any atom is -0.481 e. The standard InChI is InChI=1S/C36H41N5O7S/c1-23-11-10-12-24(2)29(23)31-30(32(47-6)38-34(37-31)39-49(45,46)27-17-15-26(16-18-27)33(42)43)28-22-41(35(44)48-36(3,4)5)20-19-40(28)21-25-13-8-7-9-14-25/h7-18,28H,19-22H2,1-6H3,(H,42,43)(H,37,38,39)/t28-/m0/s1. The molecule has 49 heavy (non-hydrogen) atoms. The lowest BCUT2D eigenvalue weighted by Crippen LogP contribution is -2.51. The van der Waals surface area contributed by atoms with E-state index in [2.05, 4.69) is 14.6 Å². The second kappa shape index (κ2) is 14.2. The Hall–Kier alpha value is -5.01. The Bertz CT molecular complexity index is 1930. The van der Waals surface area contributed by atoms with Crippen molar-refractivity contribution in [3.63, 3.8) is 0 Å². The summed E-state index contributed by atoms with van der Waals surface area (Å²) in [6.45, 7) is 11.1. The van der Waals surface area contributed by atoms with Crippen LogP contribution in [0.25, 0.3) is 11.3 Å². The van der Waals surface area contributed by atoms with Crippen molar-refractivity contribution in [3.05, 3.63) is 101 Å². The van der Waals surface area contributed by atoms with Gasteiger partial charge < -0.3 is 19.5 Å². The summed E-state index contributed by atoms with van der Waals surface area (Å²) in [5.74, 6) is -1.26. The van der Waals surface area contributed by atoms with Gasteiger partial charge in [-0.25, -0.2) is 27.7 Å². The number of amides is 1. The topological polar surface area (TPSA) is 151 Å². The van der Waals surface area contributed by atoms with Gasteiger partial charge in [0, 0.05) is 31.7 Å². The lowest BCUT2D eigenvalue weighted by atomic mass is 9.92. The number of aromatic nitrogens is 2. The number of nitrogens with zero attached hydrogens (tertiary/aromatic N) is 4. The van der Waals surface area contributed by atoms with Crippen LogP contribution in [0, 0.1) is 13.8 Å². The van der Waals surface area contributed by atoms with E-state index < -0.39 is 33.7 Å². The highest BCUT2D eigenvalue weighted by Gasteiger charge is 2.38. The molecule has 12 nitrogen and oxygen atoms in total. The minimum absolute atomic E-state index is 0.0495. The molecule has 0 spiro atoms.